The summed E-state index contributed by atoms with van der Waals surface area (Å²) in [6.07, 6.45) is 0. The van der Waals surface area contributed by atoms with E-state index in [1.807, 2.05) is 54.6 Å². The van der Waals surface area contributed by atoms with E-state index in [1.165, 1.54) is 7.11 Å². The van der Waals surface area contributed by atoms with Gasteiger partial charge in [-0.1, -0.05) is 30.3 Å². The molecule has 0 aliphatic carbocycles. The Bertz CT molecular complexity index is 580. The fourth-order valence-electron chi connectivity index (χ4n) is 2.00. The molecule has 0 bridgehead atoms. The van der Waals surface area contributed by atoms with Crippen LogP contribution in [0.25, 0.3) is 0 Å². The molecule has 1 atom stereocenters. The van der Waals surface area contributed by atoms with E-state index in [4.69, 9.17) is 14.2 Å². The summed E-state index contributed by atoms with van der Waals surface area (Å²) in [6.45, 7) is 0.212. The maximum Gasteiger partial charge on any atom is 0.316 e. The van der Waals surface area contributed by atoms with Crippen molar-refractivity contribution in [3.8, 4) is 11.5 Å². The molecule has 0 saturated carbocycles. The number of hydrogen-bond acceptors (Lipinski definition) is 4. The van der Waals surface area contributed by atoms with Crippen LogP contribution in [0.5, 0.6) is 11.5 Å². The fraction of sp³-hybridized carbons (Fsp3) is 0.235. The number of esters is 1. The van der Waals surface area contributed by atoms with Gasteiger partial charge in [-0.15, -0.1) is 0 Å². The van der Waals surface area contributed by atoms with Crippen LogP contribution in [0, 0.1) is 0 Å². The first-order valence-corrected chi connectivity index (χ1v) is 6.64. The highest BCUT2D eigenvalue weighted by Crippen LogP contribution is 2.23. The molecule has 21 heavy (non-hydrogen) atoms. The SMILES string of the molecule is COC(=O)C(COc1ccccc1)c1cccc(OC)c1. The predicted molar refractivity (Wildman–Crippen MR) is 79.7 cm³/mol. The van der Waals surface area contributed by atoms with Crippen molar-refractivity contribution in [2.75, 3.05) is 20.8 Å². The number of ether oxygens (including phenoxy) is 3. The number of methoxy groups -OCH3 is 2. The smallest absolute Gasteiger partial charge is 0.316 e. The summed E-state index contributed by atoms with van der Waals surface area (Å²) >= 11 is 0. The van der Waals surface area contributed by atoms with Crippen LogP contribution in [0.2, 0.25) is 0 Å². The molecule has 1 unspecified atom stereocenters. The van der Waals surface area contributed by atoms with Crippen LogP contribution in [0.4, 0.5) is 0 Å². The maximum atomic E-state index is 12.0. The van der Waals surface area contributed by atoms with E-state index in [0.29, 0.717) is 11.5 Å². The van der Waals surface area contributed by atoms with Gasteiger partial charge in [0.1, 0.15) is 24.0 Å². The third kappa shape index (κ3) is 3.99. The van der Waals surface area contributed by atoms with E-state index < -0.39 is 5.92 Å². The number of benzene rings is 2. The van der Waals surface area contributed by atoms with Gasteiger partial charge in [-0.2, -0.15) is 0 Å². The lowest BCUT2D eigenvalue weighted by Gasteiger charge is -2.16. The van der Waals surface area contributed by atoms with Crippen molar-refractivity contribution in [1.82, 2.24) is 0 Å². The van der Waals surface area contributed by atoms with Gasteiger partial charge < -0.3 is 14.2 Å². The Hall–Kier alpha value is -2.49. The zero-order valence-electron chi connectivity index (χ0n) is 12.1. The van der Waals surface area contributed by atoms with Crippen molar-refractivity contribution < 1.29 is 19.0 Å². The van der Waals surface area contributed by atoms with Crippen molar-refractivity contribution in [2.24, 2.45) is 0 Å². The van der Waals surface area contributed by atoms with Crippen LogP contribution < -0.4 is 9.47 Å². The van der Waals surface area contributed by atoms with Gasteiger partial charge in [0.25, 0.3) is 0 Å². The van der Waals surface area contributed by atoms with Crippen LogP contribution in [-0.2, 0) is 9.53 Å². The summed E-state index contributed by atoms with van der Waals surface area (Å²) in [4.78, 5) is 12.0. The standard InChI is InChI=1S/C17H18O4/c1-19-15-10-6-7-13(11-15)16(17(18)20-2)12-21-14-8-4-3-5-9-14/h3-11,16H,12H2,1-2H3. The van der Waals surface area contributed by atoms with Crippen molar-refractivity contribution >= 4 is 5.97 Å². The molecule has 0 aromatic heterocycles. The minimum absolute atomic E-state index is 0.212. The molecule has 0 aliphatic heterocycles. The first kappa shape index (κ1) is 14.9. The summed E-state index contributed by atoms with van der Waals surface area (Å²) in [5.41, 5.74) is 0.803. The zero-order valence-corrected chi connectivity index (χ0v) is 12.1. The Morgan fingerprint density at radius 2 is 1.71 bits per heavy atom. The zero-order chi connectivity index (χ0) is 15.1. The van der Waals surface area contributed by atoms with Crippen molar-refractivity contribution in [3.05, 3.63) is 60.2 Å². The van der Waals surface area contributed by atoms with Crippen molar-refractivity contribution in [3.63, 3.8) is 0 Å². The molecular weight excluding hydrogens is 268 g/mol. The topological polar surface area (TPSA) is 44.8 Å². The van der Waals surface area contributed by atoms with Gasteiger partial charge in [-0.3, -0.25) is 4.79 Å². The molecule has 110 valence electrons. The minimum atomic E-state index is -0.495. The molecule has 0 spiro atoms. The Labute approximate surface area is 124 Å². The van der Waals surface area contributed by atoms with Gasteiger partial charge in [0.15, 0.2) is 0 Å². The molecule has 4 nitrogen and oxygen atoms in total. The fourth-order valence-corrected chi connectivity index (χ4v) is 2.00. The van der Waals surface area contributed by atoms with E-state index in [1.54, 1.807) is 7.11 Å². The summed E-state index contributed by atoms with van der Waals surface area (Å²) in [5, 5.41) is 0. The minimum Gasteiger partial charge on any atom is -0.497 e. The second-order valence-corrected chi connectivity index (χ2v) is 4.48. The first-order valence-electron chi connectivity index (χ1n) is 6.64. The molecule has 0 heterocycles. The second kappa shape index (κ2) is 7.33. The molecule has 0 aliphatic rings. The lowest BCUT2D eigenvalue weighted by atomic mass is 10.00. The number of hydrogen-bond donors (Lipinski definition) is 0. The maximum absolute atomic E-state index is 12.0. The molecule has 0 saturated heterocycles. The van der Waals surface area contributed by atoms with E-state index in [0.717, 1.165) is 5.56 Å². The van der Waals surface area contributed by atoms with Crippen molar-refractivity contribution in [2.45, 2.75) is 5.92 Å². The quantitative estimate of drug-likeness (QED) is 0.766. The largest absolute Gasteiger partial charge is 0.497 e. The monoisotopic (exact) mass is 286 g/mol. The van der Waals surface area contributed by atoms with E-state index >= 15 is 0 Å². The highest BCUT2D eigenvalue weighted by atomic mass is 16.5. The van der Waals surface area contributed by atoms with Crippen LogP contribution in [-0.4, -0.2) is 26.8 Å². The average Bonchev–Trinajstić information content (AvgIpc) is 2.56. The van der Waals surface area contributed by atoms with Crippen LogP contribution in [0.3, 0.4) is 0 Å². The van der Waals surface area contributed by atoms with Crippen LogP contribution in [0.1, 0.15) is 11.5 Å². The lowest BCUT2D eigenvalue weighted by molar-refractivity contribution is -0.143. The molecule has 0 N–H and O–H groups in total. The van der Waals surface area contributed by atoms with Gasteiger partial charge in [0.2, 0.25) is 0 Å². The Balaban J connectivity index is 2.16. The van der Waals surface area contributed by atoms with Crippen LogP contribution >= 0.6 is 0 Å². The predicted octanol–water partition coefficient (Wildman–Crippen LogP) is 3.03. The number of para-hydroxylation sites is 1. The second-order valence-electron chi connectivity index (χ2n) is 4.48. The Morgan fingerprint density at radius 1 is 1.00 bits per heavy atom. The molecule has 4 heteroatoms. The molecule has 0 fully saturated rings. The van der Waals surface area contributed by atoms with Gasteiger partial charge in [0, 0.05) is 0 Å². The summed E-state index contributed by atoms with van der Waals surface area (Å²) < 4.78 is 15.7. The number of rotatable bonds is 6. The third-order valence-electron chi connectivity index (χ3n) is 3.14. The summed E-state index contributed by atoms with van der Waals surface area (Å²) in [6, 6.07) is 16.7. The summed E-state index contributed by atoms with van der Waals surface area (Å²) in [5.74, 6) is 0.583. The highest BCUT2D eigenvalue weighted by Gasteiger charge is 2.23. The van der Waals surface area contributed by atoms with Gasteiger partial charge in [-0.25, -0.2) is 0 Å². The third-order valence-corrected chi connectivity index (χ3v) is 3.14. The van der Waals surface area contributed by atoms with Crippen molar-refractivity contribution in [1.29, 1.82) is 0 Å². The van der Waals surface area contributed by atoms with Gasteiger partial charge in [-0.05, 0) is 29.8 Å². The average molecular weight is 286 g/mol. The first-order chi connectivity index (χ1) is 10.2. The van der Waals surface area contributed by atoms with Gasteiger partial charge in [0.05, 0.1) is 14.2 Å². The lowest BCUT2D eigenvalue weighted by Crippen LogP contribution is -2.21. The summed E-state index contributed by atoms with van der Waals surface area (Å²) in [7, 11) is 2.96. The molecular formula is C17H18O4. The Kier molecular flexibility index (Phi) is 5.21. The molecule has 0 amide bonds. The number of carbonyl (C=O) groups excluding carboxylic acids is 1. The molecule has 2 rings (SSSR count). The number of carbonyl (C=O) groups is 1. The molecule has 2 aromatic rings. The molecule has 0 radical (unpaired) electrons. The van der Waals surface area contributed by atoms with Gasteiger partial charge >= 0.3 is 5.97 Å². The Morgan fingerprint density at radius 3 is 2.38 bits per heavy atom. The van der Waals surface area contributed by atoms with E-state index in [9.17, 15) is 4.79 Å². The van der Waals surface area contributed by atoms with E-state index in [-0.39, 0.29) is 12.6 Å². The highest BCUT2D eigenvalue weighted by molar-refractivity contribution is 5.78. The van der Waals surface area contributed by atoms with E-state index in [2.05, 4.69) is 0 Å². The van der Waals surface area contributed by atoms with Crippen LogP contribution in [0.15, 0.2) is 54.6 Å². The molecule has 2 aromatic carbocycles. The normalized spacial score (nSPS) is 11.5.